The summed E-state index contributed by atoms with van der Waals surface area (Å²) in [6, 6.07) is 7.84. The number of amides is 1. The summed E-state index contributed by atoms with van der Waals surface area (Å²) < 4.78 is 25.2. The highest BCUT2D eigenvalue weighted by Gasteiger charge is 2.18. The summed E-state index contributed by atoms with van der Waals surface area (Å²) in [4.78, 5) is 16.6. The Morgan fingerprint density at radius 3 is 2.26 bits per heavy atom. The molecule has 8 heteroatoms. The fraction of sp³-hybridized carbons (Fsp3) is 0.632. The molecule has 1 heterocycles. The van der Waals surface area contributed by atoms with Gasteiger partial charge in [0.05, 0.1) is 6.26 Å². The molecule has 1 aliphatic rings. The van der Waals surface area contributed by atoms with E-state index in [1.807, 2.05) is 43.3 Å². The number of hydrogen-bond donors (Lipinski definition) is 1. The molecule has 1 fully saturated rings. The van der Waals surface area contributed by atoms with Crippen molar-refractivity contribution in [1.82, 2.24) is 9.21 Å². The number of carbonyl (C=O) groups excluding carboxylic acids is 1. The highest BCUT2D eigenvalue weighted by atomic mass is 32.2. The van der Waals surface area contributed by atoms with Crippen LogP contribution in [0.25, 0.3) is 0 Å². The van der Waals surface area contributed by atoms with E-state index in [1.165, 1.54) is 29.1 Å². The van der Waals surface area contributed by atoms with Crippen molar-refractivity contribution >= 4 is 27.3 Å². The van der Waals surface area contributed by atoms with Gasteiger partial charge in [-0.05, 0) is 64.2 Å². The van der Waals surface area contributed by atoms with Crippen LogP contribution in [0.3, 0.4) is 0 Å². The van der Waals surface area contributed by atoms with Crippen molar-refractivity contribution in [3.8, 4) is 0 Å². The standard InChI is InChI=1S/C19H32N4O3S/c1-21(2)12-6-15-23(27(3,25)26)16-11-19(24)20-17-7-9-18(10-8-17)22-13-4-5-14-22/h7-10H,4-6,11-16H2,1-3H3,(H,20,24). The van der Waals surface area contributed by atoms with E-state index in [0.717, 1.165) is 31.7 Å². The normalized spacial score (nSPS) is 14.9. The molecule has 1 aromatic carbocycles. The number of hydrogen-bond acceptors (Lipinski definition) is 5. The van der Waals surface area contributed by atoms with Crippen LogP contribution in [0.2, 0.25) is 0 Å². The molecule has 0 bridgehead atoms. The molecule has 0 aliphatic carbocycles. The second kappa shape index (κ2) is 10.1. The zero-order valence-electron chi connectivity index (χ0n) is 16.6. The summed E-state index contributed by atoms with van der Waals surface area (Å²) in [5.74, 6) is -0.176. The molecule has 0 saturated carbocycles. The van der Waals surface area contributed by atoms with E-state index in [0.29, 0.717) is 6.54 Å². The number of benzene rings is 1. The van der Waals surface area contributed by atoms with Gasteiger partial charge in [-0.15, -0.1) is 0 Å². The smallest absolute Gasteiger partial charge is 0.225 e. The molecule has 0 atom stereocenters. The fourth-order valence-corrected chi connectivity index (χ4v) is 4.07. The molecule has 0 unspecified atom stereocenters. The Balaban J connectivity index is 1.82. The highest BCUT2D eigenvalue weighted by Crippen LogP contribution is 2.22. The molecule has 7 nitrogen and oxygen atoms in total. The summed E-state index contributed by atoms with van der Waals surface area (Å²) in [6.45, 7) is 3.60. The molecule has 0 radical (unpaired) electrons. The lowest BCUT2D eigenvalue weighted by Crippen LogP contribution is -2.35. The quantitative estimate of drug-likeness (QED) is 0.653. The maximum atomic E-state index is 12.2. The molecule has 152 valence electrons. The molecule has 1 amide bonds. The van der Waals surface area contributed by atoms with Crippen molar-refractivity contribution in [2.75, 3.05) is 63.3 Å². The van der Waals surface area contributed by atoms with E-state index in [4.69, 9.17) is 0 Å². The van der Waals surface area contributed by atoms with Gasteiger partial charge in [0.15, 0.2) is 0 Å². The summed E-state index contributed by atoms with van der Waals surface area (Å²) in [5.41, 5.74) is 1.91. The van der Waals surface area contributed by atoms with Gasteiger partial charge in [0.1, 0.15) is 0 Å². The number of sulfonamides is 1. The lowest BCUT2D eigenvalue weighted by molar-refractivity contribution is -0.116. The first-order valence-corrected chi connectivity index (χ1v) is 11.4. The van der Waals surface area contributed by atoms with Crippen molar-refractivity contribution in [3.63, 3.8) is 0 Å². The second-order valence-corrected chi connectivity index (χ2v) is 9.34. The Morgan fingerprint density at radius 1 is 1.07 bits per heavy atom. The minimum absolute atomic E-state index is 0.142. The minimum atomic E-state index is -3.32. The Hall–Kier alpha value is -1.64. The van der Waals surface area contributed by atoms with Crippen LogP contribution >= 0.6 is 0 Å². The van der Waals surface area contributed by atoms with Crippen molar-refractivity contribution in [2.24, 2.45) is 0 Å². The highest BCUT2D eigenvalue weighted by molar-refractivity contribution is 7.88. The fourth-order valence-electron chi connectivity index (χ4n) is 3.19. The Bertz CT molecular complexity index is 698. The predicted molar refractivity (Wildman–Crippen MR) is 111 cm³/mol. The van der Waals surface area contributed by atoms with Crippen LogP contribution in [-0.4, -0.2) is 76.6 Å². The first-order chi connectivity index (χ1) is 12.8. The van der Waals surface area contributed by atoms with Gasteiger partial charge < -0.3 is 15.1 Å². The van der Waals surface area contributed by atoms with Crippen LogP contribution in [0.15, 0.2) is 24.3 Å². The summed E-state index contributed by atoms with van der Waals surface area (Å²) in [6.07, 6.45) is 4.52. The maximum absolute atomic E-state index is 12.2. The van der Waals surface area contributed by atoms with Crippen molar-refractivity contribution in [3.05, 3.63) is 24.3 Å². The third-order valence-corrected chi connectivity index (χ3v) is 6.00. The second-order valence-electron chi connectivity index (χ2n) is 7.36. The molecule has 0 spiro atoms. The van der Waals surface area contributed by atoms with Crippen molar-refractivity contribution in [1.29, 1.82) is 0 Å². The van der Waals surface area contributed by atoms with E-state index >= 15 is 0 Å². The van der Waals surface area contributed by atoms with Gasteiger partial charge in [-0.1, -0.05) is 0 Å². The van der Waals surface area contributed by atoms with Gasteiger partial charge in [0.25, 0.3) is 0 Å². The topological polar surface area (TPSA) is 73.0 Å². The Labute approximate surface area is 163 Å². The maximum Gasteiger partial charge on any atom is 0.225 e. The van der Waals surface area contributed by atoms with Crippen LogP contribution in [0, 0.1) is 0 Å². The van der Waals surface area contributed by atoms with Gasteiger partial charge in [-0.2, -0.15) is 0 Å². The van der Waals surface area contributed by atoms with Gasteiger partial charge in [-0.3, -0.25) is 4.79 Å². The molecule has 1 N–H and O–H groups in total. The Morgan fingerprint density at radius 2 is 1.70 bits per heavy atom. The largest absolute Gasteiger partial charge is 0.372 e. The molecule has 1 aromatic rings. The number of nitrogens with one attached hydrogen (secondary N) is 1. The van der Waals surface area contributed by atoms with Crippen LogP contribution in [0.4, 0.5) is 11.4 Å². The molecular weight excluding hydrogens is 364 g/mol. The average Bonchev–Trinajstić information content (AvgIpc) is 3.11. The minimum Gasteiger partial charge on any atom is -0.372 e. The molecule has 0 aromatic heterocycles. The van der Waals surface area contributed by atoms with E-state index in [-0.39, 0.29) is 18.9 Å². The molecular formula is C19H32N4O3S. The van der Waals surface area contributed by atoms with E-state index < -0.39 is 10.0 Å². The first kappa shape index (κ1) is 21.7. The van der Waals surface area contributed by atoms with Crippen molar-refractivity contribution in [2.45, 2.75) is 25.7 Å². The van der Waals surface area contributed by atoms with Crippen LogP contribution in [0.5, 0.6) is 0 Å². The summed E-state index contributed by atoms with van der Waals surface area (Å²) in [7, 11) is 0.586. The molecule has 2 rings (SSSR count). The SMILES string of the molecule is CN(C)CCCN(CCC(=O)Nc1ccc(N2CCCC2)cc1)S(C)(=O)=O. The zero-order valence-corrected chi connectivity index (χ0v) is 17.5. The number of nitrogens with zero attached hydrogens (tertiary/aromatic N) is 3. The number of carbonyl (C=O) groups is 1. The molecule has 27 heavy (non-hydrogen) atoms. The third kappa shape index (κ3) is 7.48. The van der Waals surface area contributed by atoms with E-state index in [9.17, 15) is 13.2 Å². The predicted octanol–water partition coefficient (Wildman–Crippen LogP) is 1.83. The molecule has 1 saturated heterocycles. The van der Waals surface area contributed by atoms with Crippen molar-refractivity contribution < 1.29 is 13.2 Å². The first-order valence-electron chi connectivity index (χ1n) is 9.50. The average molecular weight is 397 g/mol. The summed E-state index contributed by atoms with van der Waals surface area (Å²) in [5, 5.41) is 2.85. The van der Waals surface area contributed by atoms with Crippen LogP contribution in [0.1, 0.15) is 25.7 Å². The number of anilines is 2. The monoisotopic (exact) mass is 396 g/mol. The van der Waals surface area contributed by atoms with E-state index in [1.54, 1.807) is 0 Å². The van der Waals surface area contributed by atoms with Gasteiger partial charge in [-0.25, -0.2) is 12.7 Å². The van der Waals surface area contributed by atoms with Gasteiger partial charge in [0, 0.05) is 44.0 Å². The molecule has 1 aliphatic heterocycles. The van der Waals surface area contributed by atoms with E-state index in [2.05, 4.69) is 10.2 Å². The Kier molecular flexibility index (Phi) is 8.07. The summed E-state index contributed by atoms with van der Waals surface area (Å²) >= 11 is 0. The zero-order chi connectivity index (χ0) is 19.9. The lowest BCUT2D eigenvalue weighted by atomic mass is 10.2. The third-order valence-electron chi connectivity index (χ3n) is 4.69. The lowest BCUT2D eigenvalue weighted by Gasteiger charge is -2.21. The van der Waals surface area contributed by atoms with Gasteiger partial charge in [0.2, 0.25) is 15.9 Å². The van der Waals surface area contributed by atoms with Gasteiger partial charge >= 0.3 is 0 Å². The van der Waals surface area contributed by atoms with Crippen LogP contribution < -0.4 is 10.2 Å². The van der Waals surface area contributed by atoms with Crippen LogP contribution in [-0.2, 0) is 14.8 Å². The number of rotatable bonds is 10.